The van der Waals surface area contributed by atoms with Gasteiger partial charge in [-0.3, -0.25) is 4.99 Å². The molecule has 22 heavy (non-hydrogen) atoms. The summed E-state index contributed by atoms with van der Waals surface area (Å²) >= 11 is 6.25. The number of aliphatic imine (C=N–C) groups is 1. The summed E-state index contributed by atoms with van der Waals surface area (Å²) in [6.07, 6.45) is 2.36. The Labute approximate surface area is 137 Å². The van der Waals surface area contributed by atoms with E-state index in [0.717, 1.165) is 23.6 Å². The van der Waals surface area contributed by atoms with Crippen LogP contribution in [0.4, 0.5) is 5.69 Å². The number of rotatable bonds is 8. The SMILES string of the molecule is C=CCOCC(C)Oc1nc(C)c(NC(CC)=NC)cc1Cl. The Bertz CT molecular complexity index is 532. The highest BCUT2D eigenvalue weighted by molar-refractivity contribution is 6.32. The number of hydrogen-bond acceptors (Lipinski definition) is 4. The van der Waals surface area contributed by atoms with Gasteiger partial charge >= 0.3 is 0 Å². The molecular formula is C16H24ClN3O2. The van der Waals surface area contributed by atoms with E-state index < -0.39 is 0 Å². The van der Waals surface area contributed by atoms with Gasteiger partial charge in [0.05, 0.1) is 24.6 Å². The number of nitrogens with zero attached hydrogens (tertiary/aromatic N) is 2. The lowest BCUT2D eigenvalue weighted by atomic mass is 10.3. The zero-order valence-electron chi connectivity index (χ0n) is 13.6. The van der Waals surface area contributed by atoms with Gasteiger partial charge in [0.1, 0.15) is 17.0 Å². The number of aromatic nitrogens is 1. The molecule has 1 rings (SSSR count). The highest BCUT2D eigenvalue weighted by atomic mass is 35.5. The maximum absolute atomic E-state index is 6.25. The Morgan fingerprint density at radius 1 is 1.59 bits per heavy atom. The summed E-state index contributed by atoms with van der Waals surface area (Å²) in [7, 11) is 1.75. The molecule has 1 aromatic heterocycles. The molecule has 0 aliphatic rings. The molecule has 0 saturated heterocycles. The highest BCUT2D eigenvalue weighted by Gasteiger charge is 2.13. The number of anilines is 1. The van der Waals surface area contributed by atoms with Crippen molar-refractivity contribution < 1.29 is 9.47 Å². The van der Waals surface area contributed by atoms with Gasteiger partial charge in [-0.15, -0.1) is 6.58 Å². The van der Waals surface area contributed by atoms with E-state index in [1.165, 1.54) is 0 Å². The Hall–Kier alpha value is -1.59. The third-order valence-electron chi connectivity index (χ3n) is 2.92. The second-order valence-electron chi connectivity index (χ2n) is 4.81. The summed E-state index contributed by atoms with van der Waals surface area (Å²) in [6.45, 7) is 10.4. The Balaban J connectivity index is 2.78. The lowest BCUT2D eigenvalue weighted by Crippen LogP contribution is -2.20. The Kier molecular flexibility index (Phi) is 7.91. The predicted octanol–water partition coefficient (Wildman–Crippen LogP) is 3.86. The van der Waals surface area contributed by atoms with Gasteiger partial charge in [0, 0.05) is 13.5 Å². The zero-order chi connectivity index (χ0) is 16.5. The average molecular weight is 326 g/mol. The monoisotopic (exact) mass is 325 g/mol. The lowest BCUT2D eigenvalue weighted by Gasteiger charge is -2.17. The van der Waals surface area contributed by atoms with Crippen LogP contribution in [0.1, 0.15) is 26.0 Å². The summed E-state index contributed by atoms with van der Waals surface area (Å²) < 4.78 is 11.1. The van der Waals surface area contributed by atoms with Crippen LogP contribution >= 0.6 is 11.6 Å². The van der Waals surface area contributed by atoms with Gasteiger partial charge in [-0.2, -0.15) is 0 Å². The predicted molar refractivity (Wildman–Crippen MR) is 92.4 cm³/mol. The first-order valence-electron chi connectivity index (χ1n) is 7.26. The summed E-state index contributed by atoms with van der Waals surface area (Å²) in [4.78, 5) is 8.58. The van der Waals surface area contributed by atoms with Gasteiger partial charge in [-0.25, -0.2) is 4.98 Å². The van der Waals surface area contributed by atoms with Crippen LogP contribution in [0.5, 0.6) is 5.88 Å². The summed E-state index contributed by atoms with van der Waals surface area (Å²) in [5, 5.41) is 3.68. The fraction of sp³-hybridized carbons (Fsp3) is 0.500. The molecule has 122 valence electrons. The molecule has 0 bridgehead atoms. The van der Waals surface area contributed by atoms with Gasteiger partial charge in [0.2, 0.25) is 5.88 Å². The van der Waals surface area contributed by atoms with Crippen molar-refractivity contribution >= 4 is 23.1 Å². The number of amidine groups is 1. The van der Waals surface area contributed by atoms with Crippen LogP contribution in [0.15, 0.2) is 23.7 Å². The average Bonchev–Trinajstić information content (AvgIpc) is 2.49. The first-order chi connectivity index (χ1) is 10.5. The molecule has 0 radical (unpaired) electrons. The van der Waals surface area contributed by atoms with Crippen LogP contribution in [0.2, 0.25) is 5.02 Å². The van der Waals surface area contributed by atoms with E-state index >= 15 is 0 Å². The lowest BCUT2D eigenvalue weighted by molar-refractivity contribution is 0.0711. The van der Waals surface area contributed by atoms with Crippen molar-refractivity contribution in [2.45, 2.75) is 33.3 Å². The van der Waals surface area contributed by atoms with Crippen molar-refractivity contribution in [3.8, 4) is 5.88 Å². The van der Waals surface area contributed by atoms with Crippen molar-refractivity contribution in [2.24, 2.45) is 4.99 Å². The smallest absolute Gasteiger partial charge is 0.233 e. The number of pyridine rings is 1. The second-order valence-corrected chi connectivity index (χ2v) is 5.22. The molecule has 1 heterocycles. The van der Waals surface area contributed by atoms with Crippen LogP contribution in [-0.4, -0.2) is 37.2 Å². The first-order valence-corrected chi connectivity index (χ1v) is 7.64. The van der Waals surface area contributed by atoms with Crippen LogP contribution in [0, 0.1) is 6.92 Å². The van der Waals surface area contributed by atoms with Crippen molar-refractivity contribution in [1.82, 2.24) is 4.98 Å². The van der Waals surface area contributed by atoms with Crippen molar-refractivity contribution in [3.63, 3.8) is 0 Å². The fourth-order valence-electron chi connectivity index (χ4n) is 1.77. The number of aryl methyl sites for hydroxylation is 1. The molecule has 0 fully saturated rings. The first kappa shape index (κ1) is 18.5. The molecule has 1 aromatic rings. The Morgan fingerprint density at radius 3 is 2.91 bits per heavy atom. The van der Waals surface area contributed by atoms with Crippen LogP contribution < -0.4 is 10.1 Å². The zero-order valence-corrected chi connectivity index (χ0v) is 14.4. The van der Waals surface area contributed by atoms with E-state index in [1.54, 1.807) is 19.2 Å². The van der Waals surface area contributed by atoms with E-state index in [4.69, 9.17) is 21.1 Å². The van der Waals surface area contributed by atoms with Crippen molar-refractivity contribution in [1.29, 1.82) is 0 Å². The number of ether oxygens (including phenoxy) is 2. The molecule has 6 heteroatoms. The molecular weight excluding hydrogens is 302 g/mol. The molecule has 0 spiro atoms. The van der Waals surface area contributed by atoms with Gasteiger partial charge in [-0.1, -0.05) is 24.6 Å². The van der Waals surface area contributed by atoms with Crippen LogP contribution in [0.25, 0.3) is 0 Å². The quantitative estimate of drug-likeness (QED) is 0.341. The molecule has 5 nitrogen and oxygen atoms in total. The standard InChI is InChI=1S/C16H24ClN3O2/c1-6-8-21-10-11(3)22-16-13(17)9-14(12(4)19-16)20-15(7-2)18-5/h6,9,11H,1,7-8,10H2,2-5H3,(H,18,20). The van der Waals surface area contributed by atoms with Gasteiger partial charge in [-0.05, 0) is 19.9 Å². The number of hydrogen-bond donors (Lipinski definition) is 1. The van der Waals surface area contributed by atoms with E-state index in [2.05, 4.69) is 21.9 Å². The van der Waals surface area contributed by atoms with E-state index in [0.29, 0.717) is 24.1 Å². The maximum Gasteiger partial charge on any atom is 0.233 e. The normalized spacial score (nSPS) is 12.9. The van der Waals surface area contributed by atoms with Gasteiger partial charge in [0.15, 0.2) is 0 Å². The number of halogens is 1. The molecule has 0 saturated carbocycles. The summed E-state index contributed by atoms with van der Waals surface area (Å²) in [6, 6.07) is 1.80. The largest absolute Gasteiger partial charge is 0.471 e. The third kappa shape index (κ3) is 5.66. The summed E-state index contributed by atoms with van der Waals surface area (Å²) in [5.74, 6) is 1.28. The van der Waals surface area contributed by atoms with E-state index in [9.17, 15) is 0 Å². The topological polar surface area (TPSA) is 55.7 Å². The highest BCUT2D eigenvalue weighted by Crippen LogP contribution is 2.28. The maximum atomic E-state index is 6.25. The van der Waals surface area contributed by atoms with Crippen molar-refractivity contribution in [3.05, 3.63) is 29.4 Å². The summed E-state index contributed by atoms with van der Waals surface area (Å²) in [5.41, 5.74) is 1.63. The Morgan fingerprint density at radius 2 is 2.32 bits per heavy atom. The van der Waals surface area contributed by atoms with Gasteiger partial charge < -0.3 is 14.8 Å². The molecule has 0 aliphatic carbocycles. The molecule has 1 unspecified atom stereocenters. The minimum atomic E-state index is -0.147. The molecule has 1 N–H and O–H groups in total. The third-order valence-corrected chi connectivity index (χ3v) is 3.19. The van der Waals surface area contributed by atoms with E-state index in [1.807, 2.05) is 20.8 Å². The van der Waals surface area contributed by atoms with Gasteiger partial charge in [0.25, 0.3) is 0 Å². The van der Waals surface area contributed by atoms with Crippen LogP contribution in [0.3, 0.4) is 0 Å². The minimum Gasteiger partial charge on any atom is -0.471 e. The molecule has 0 aliphatic heterocycles. The number of nitrogens with one attached hydrogen (secondary N) is 1. The van der Waals surface area contributed by atoms with Crippen LogP contribution in [-0.2, 0) is 4.74 Å². The van der Waals surface area contributed by atoms with Crippen molar-refractivity contribution in [2.75, 3.05) is 25.6 Å². The van der Waals surface area contributed by atoms with E-state index in [-0.39, 0.29) is 6.10 Å². The fourth-order valence-corrected chi connectivity index (χ4v) is 1.96. The minimum absolute atomic E-state index is 0.147. The molecule has 0 amide bonds. The second kappa shape index (κ2) is 9.43. The molecule has 1 atom stereocenters. The molecule has 0 aromatic carbocycles.